The maximum absolute atomic E-state index is 5.08. The van der Waals surface area contributed by atoms with Crippen molar-refractivity contribution < 1.29 is 4.74 Å². The summed E-state index contributed by atoms with van der Waals surface area (Å²) in [6.45, 7) is 5.83. The number of aryl methyl sites for hydroxylation is 1. The van der Waals surface area contributed by atoms with Gasteiger partial charge >= 0.3 is 0 Å². The first kappa shape index (κ1) is 15.7. The minimum atomic E-state index is 0.371. The molecule has 3 rings (SSSR count). The summed E-state index contributed by atoms with van der Waals surface area (Å²) in [4.78, 5) is 11.6. The van der Waals surface area contributed by atoms with Gasteiger partial charge in [0, 0.05) is 43.8 Å². The number of rotatable bonds is 6. The molecule has 1 aliphatic rings. The van der Waals surface area contributed by atoms with Crippen molar-refractivity contribution in [3.63, 3.8) is 0 Å². The van der Waals surface area contributed by atoms with E-state index in [1.165, 1.54) is 11.3 Å². The molecule has 0 fully saturated rings. The van der Waals surface area contributed by atoms with Crippen LogP contribution < -0.4 is 10.2 Å². The Bertz CT molecular complexity index is 674. The van der Waals surface area contributed by atoms with Gasteiger partial charge in [-0.3, -0.25) is 0 Å². The first-order valence-electron chi connectivity index (χ1n) is 8.14. The molecule has 2 heterocycles. The summed E-state index contributed by atoms with van der Waals surface area (Å²) >= 11 is 0. The third kappa shape index (κ3) is 3.45. The molecule has 122 valence electrons. The van der Waals surface area contributed by atoms with E-state index in [0.29, 0.717) is 6.04 Å². The fraction of sp³-hybridized carbons (Fsp3) is 0.444. The Balaban J connectivity index is 1.84. The molecule has 5 nitrogen and oxygen atoms in total. The van der Waals surface area contributed by atoms with E-state index in [9.17, 15) is 0 Å². The summed E-state index contributed by atoms with van der Waals surface area (Å²) in [5.41, 5.74) is 3.55. The average molecular weight is 312 g/mol. The second-order valence-electron chi connectivity index (χ2n) is 6.02. The monoisotopic (exact) mass is 312 g/mol. The number of methoxy groups -OCH3 is 1. The van der Waals surface area contributed by atoms with Crippen molar-refractivity contribution >= 4 is 17.5 Å². The molecular weight excluding hydrogens is 288 g/mol. The molecule has 1 aromatic carbocycles. The number of aromatic nitrogens is 2. The standard InChI is InChI=1S/C18H24N4O/c1-13-11-17(19-9-6-10-23-3)21-18(20-13)22-14(2)12-15-7-4-5-8-16(15)22/h4-5,7-8,11,14H,6,9-10,12H2,1-3H3,(H,19,20,21). The van der Waals surface area contributed by atoms with Crippen LogP contribution in [0.2, 0.25) is 0 Å². The van der Waals surface area contributed by atoms with E-state index in [2.05, 4.69) is 46.4 Å². The maximum atomic E-state index is 5.08. The van der Waals surface area contributed by atoms with Gasteiger partial charge in [0.1, 0.15) is 5.82 Å². The Hall–Kier alpha value is -2.14. The van der Waals surface area contributed by atoms with Crippen LogP contribution in [0, 0.1) is 6.92 Å². The molecular formula is C18H24N4O. The summed E-state index contributed by atoms with van der Waals surface area (Å²) in [6, 6.07) is 10.9. The molecule has 0 bridgehead atoms. The van der Waals surface area contributed by atoms with E-state index >= 15 is 0 Å². The second-order valence-corrected chi connectivity index (χ2v) is 6.02. The van der Waals surface area contributed by atoms with Crippen molar-refractivity contribution in [2.24, 2.45) is 0 Å². The van der Waals surface area contributed by atoms with Gasteiger partial charge in [-0.15, -0.1) is 0 Å². The predicted octanol–water partition coefficient (Wildman–Crippen LogP) is 3.32. The van der Waals surface area contributed by atoms with Crippen molar-refractivity contribution in [2.75, 3.05) is 30.5 Å². The number of ether oxygens (including phenoxy) is 1. The first-order chi connectivity index (χ1) is 11.2. The van der Waals surface area contributed by atoms with Gasteiger partial charge in [0.25, 0.3) is 0 Å². The molecule has 0 saturated heterocycles. The molecule has 0 spiro atoms. The molecule has 1 N–H and O–H groups in total. The third-order valence-electron chi connectivity index (χ3n) is 4.10. The Labute approximate surface area is 137 Å². The Morgan fingerprint density at radius 2 is 2.13 bits per heavy atom. The van der Waals surface area contributed by atoms with Crippen LogP contribution in [0.3, 0.4) is 0 Å². The summed E-state index contributed by atoms with van der Waals surface area (Å²) in [7, 11) is 1.72. The lowest BCUT2D eigenvalue weighted by molar-refractivity contribution is 0.198. The number of hydrogen-bond donors (Lipinski definition) is 1. The van der Waals surface area contributed by atoms with Gasteiger partial charge in [-0.1, -0.05) is 18.2 Å². The Kier molecular flexibility index (Phi) is 4.76. The third-order valence-corrected chi connectivity index (χ3v) is 4.10. The lowest BCUT2D eigenvalue weighted by Gasteiger charge is -2.23. The molecule has 0 saturated carbocycles. The van der Waals surface area contributed by atoms with Crippen LogP contribution in [0.1, 0.15) is 24.6 Å². The van der Waals surface area contributed by atoms with E-state index in [-0.39, 0.29) is 0 Å². The molecule has 1 aliphatic heterocycles. The Morgan fingerprint density at radius 3 is 2.96 bits per heavy atom. The average Bonchev–Trinajstić information content (AvgIpc) is 2.87. The number of anilines is 3. The van der Waals surface area contributed by atoms with Crippen LogP contribution in [0.15, 0.2) is 30.3 Å². The van der Waals surface area contributed by atoms with Crippen LogP contribution in [0.4, 0.5) is 17.5 Å². The van der Waals surface area contributed by atoms with Gasteiger partial charge in [0.2, 0.25) is 5.95 Å². The highest BCUT2D eigenvalue weighted by atomic mass is 16.5. The fourth-order valence-corrected chi connectivity index (χ4v) is 3.05. The van der Waals surface area contributed by atoms with Crippen molar-refractivity contribution in [1.29, 1.82) is 0 Å². The lowest BCUT2D eigenvalue weighted by Crippen LogP contribution is -2.26. The zero-order valence-corrected chi connectivity index (χ0v) is 14.0. The molecule has 5 heteroatoms. The van der Waals surface area contributed by atoms with Crippen LogP contribution >= 0.6 is 0 Å². The van der Waals surface area contributed by atoms with Gasteiger partial charge in [0.05, 0.1) is 0 Å². The van der Waals surface area contributed by atoms with Gasteiger partial charge in [0.15, 0.2) is 0 Å². The van der Waals surface area contributed by atoms with Gasteiger partial charge < -0.3 is 15.0 Å². The van der Waals surface area contributed by atoms with Crippen LogP contribution in [0.5, 0.6) is 0 Å². The summed E-state index contributed by atoms with van der Waals surface area (Å²) in [5.74, 6) is 1.65. The lowest BCUT2D eigenvalue weighted by atomic mass is 10.1. The highest BCUT2D eigenvalue weighted by molar-refractivity contribution is 5.67. The van der Waals surface area contributed by atoms with Crippen molar-refractivity contribution in [3.8, 4) is 0 Å². The summed E-state index contributed by atoms with van der Waals surface area (Å²) in [6.07, 6.45) is 1.99. The summed E-state index contributed by atoms with van der Waals surface area (Å²) in [5, 5.41) is 3.37. The smallest absolute Gasteiger partial charge is 0.232 e. The molecule has 1 aromatic heterocycles. The van der Waals surface area contributed by atoms with Crippen LogP contribution in [0.25, 0.3) is 0 Å². The van der Waals surface area contributed by atoms with E-state index in [1.54, 1.807) is 7.11 Å². The SMILES string of the molecule is COCCCNc1cc(C)nc(N2c3ccccc3CC2C)n1. The first-order valence-corrected chi connectivity index (χ1v) is 8.14. The minimum absolute atomic E-state index is 0.371. The molecule has 1 unspecified atom stereocenters. The van der Waals surface area contributed by atoms with E-state index in [1.807, 2.05) is 13.0 Å². The molecule has 0 aliphatic carbocycles. The number of nitrogens with zero attached hydrogens (tertiary/aromatic N) is 3. The highest BCUT2D eigenvalue weighted by Gasteiger charge is 2.28. The largest absolute Gasteiger partial charge is 0.385 e. The molecule has 0 radical (unpaired) electrons. The fourth-order valence-electron chi connectivity index (χ4n) is 3.05. The number of fused-ring (bicyclic) bond motifs is 1. The zero-order valence-electron chi connectivity index (χ0n) is 14.0. The number of para-hydroxylation sites is 1. The van der Waals surface area contributed by atoms with Crippen molar-refractivity contribution in [2.45, 2.75) is 32.7 Å². The van der Waals surface area contributed by atoms with E-state index in [4.69, 9.17) is 9.72 Å². The normalized spacial score (nSPS) is 16.5. The minimum Gasteiger partial charge on any atom is -0.385 e. The van der Waals surface area contributed by atoms with Crippen molar-refractivity contribution in [1.82, 2.24) is 9.97 Å². The van der Waals surface area contributed by atoms with E-state index in [0.717, 1.165) is 43.5 Å². The zero-order chi connectivity index (χ0) is 16.2. The number of hydrogen-bond acceptors (Lipinski definition) is 5. The Morgan fingerprint density at radius 1 is 1.30 bits per heavy atom. The maximum Gasteiger partial charge on any atom is 0.232 e. The number of benzene rings is 1. The van der Waals surface area contributed by atoms with Gasteiger partial charge in [-0.2, -0.15) is 4.98 Å². The van der Waals surface area contributed by atoms with Crippen LogP contribution in [-0.4, -0.2) is 36.3 Å². The quantitative estimate of drug-likeness (QED) is 0.829. The van der Waals surface area contributed by atoms with Crippen molar-refractivity contribution in [3.05, 3.63) is 41.6 Å². The predicted molar refractivity (Wildman–Crippen MR) is 93.5 cm³/mol. The van der Waals surface area contributed by atoms with Gasteiger partial charge in [-0.05, 0) is 38.3 Å². The second kappa shape index (κ2) is 6.96. The molecule has 1 atom stereocenters. The molecule has 0 amide bonds. The van der Waals surface area contributed by atoms with E-state index < -0.39 is 0 Å². The molecule has 23 heavy (non-hydrogen) atoms. The van der Waals surface area contributed by atoms with Gasteiger partial charge in [-0.25, -0.2) is 4.98 Å². The highest BCUT2D eigenvalue weighted by Crippen LogP contribution is 2.36. The summed E-state index contributed by atoms with van der Waals surface area (Å²) < 4.78 is 5.08. The van der Waals surface area contributed by atoms with Crippen LogP contribution in [-0.2, 0) is 11.2 Å². The topological polar surface area (TPSA) is 50.3 Å². The molecule has 2 aromatic rings. The number of nitrogens with one attached hydrogen (secondary N) is 1.